The van der Waals surface area contributed by atoms with Gasteiger partial charge in [0.05, 0.1) is 22.4 Å². The van der Waals surface area contributed by atoms with E-state index in [4.69, 9.17) is 0 Å². The second kappa shape index (κ2) is 13.4. The second-order valence-corrected chi connectivity index (χ2v) is 13.7. The third kappa shape index (κ3) is 5.44. The van der Waals surface area contributed by atoms with Crippen LogP contribution in [-0.4, -0.2) is 4.57 Å². The molecule has 10 aromatic rings. The minimum absolute atomic E-state index is 1.10. The van der Waals surface area contributed by atoms with Crippen molar-refractivity contribution in [2.24, 2.45) is 0 Å². The van der Waals surface area contributed by atoms with E-state index in [1.54, 1.807) is 0 Å². The first kappa shape index (κ1) is 31.6. The first-order chi connectivity index (χ1) is 26.8. The Kier molecular flexibility index (Phi) is 7.85. The van der Waals surface area contributed by atoms with Gasteiger partial charge in [-0.15, -0.1) is 0 Å². The lowest BCUT2D eigenvalue weighted by Crippen LogP contribution is -2.10. The summed E-state index contributed by atoms with van der Waals surface area (Å²) < 4.78 is 2.46. The van der Waals surface area contributed by atoms with Crippen molar-refractivity contribution in [3.05, 3.63) is 218 Å². The van der Waals surface area contributed by atoms with E-state index in [9.17, 15) is 0 Å². The normalized spacial score (nSPS) is 11.3. The fourth-order valence-corrected chi connectivity index (χ4v) is 8.12. The van der Waals surface area contributed by atoms with Crippen molar-refractivity contribution >= 4 is 49.6 Å². The number of hydrogen-bond acceptors (Lipinski definition) is 1. The van der Waals surface area contributed by atoms with Crippen LogP contribution in [0.5, 0.6) is 0 Å². The van der Waals surface area contributed by atoms with Gasteiger partial charge in [0.1, 0.15) is 0 Å². The van der Waals surface area contributed by atoms with Crippen molar-refractivity contribution in [3.8, 4) is 39.1 Å². The largest absolute Gasteiger partial charge is 0.310 e. The second-order valence-electron chi connectivity index (χ2n) is 13.7. The molecule has 2 nitrogen and oxygen atoms in total. The van der Waals surface area contributed by atoms with Crippen LogP contribution in [0.2, 0.25) is 0 Å². The molecule has 0 aliphatic rings. The highest BCUT2D eigenvalue weighted by Gasteiger charge is 2.21. The van der Waals surface area contributed by atoms with Gasteiger partial charge < -0.3 is 9.47 Å². The van der Waals surface area contributed by atoms with E-state index < -0.39 is 0 Å². The van der Waals surface area contributed by atoms with Crippen molar-refractivity contribution in [2.45, 2.75) is 0 Å². The lowest BCUT2D eigenvalue weighted by Gasteiger charge is -2.28. The van der Waals surface area contributed by atoms with Crippen LogP contribution in [-0.2, 0) is 0 Å². The van der Waals surface area contributed by atoms with E-state index in [1.165, 1.54) is 60.4 Å². The topological polar surface area (TPSA) is 8.17 Å². The van der Waals surface area contributed by atoms with Gasteiger partial charge in [0.25, 0.3) is 0 Å². The summed E-state index contributed by atoms with van der Waals surface area (Å²) >= 11 is 0. The Morgan fingerprint density at radius 2 is 0.889 bits per heavy atom. The zero-order valence-electron chi connectivity index (χ0n) is 29.7. The van der Waals surface area contributed by atoms with Gasteiger partial charge >= 0.3 is 0 Å². The summed E-state index contributed by atoms with van der Waals surface area (Å²) in [6.45, 7) is 0. The Balaban J connectivity index is 1.20. The molecule has 0 saturated carbocycles. The summed E-state index contributed by atoms with van der Waals surface area (Å²) in [5, 5.41) is 4.88. The van der Waals surface area contributed by atoms with Gasteiger partial charge in [-0.1, -0.05) is 170 Å². The van der Waals surface area contributed by atoms with Crippen molar-refractivity contribution in [2.75, 3.05) is 4.90 Å². The first-order valence-electron chi connectivity index (χ1n) is 18.5. The van der Waals surface area contributed by atoms with Crippen LogP contribution in [0.1, 0.15) is 0 Å². The molecule has 0 N–H and O–H groups in total. The molecule has 0 atom stereocenters. The zero-order chi connectivity index (χ0) is 35.8. The quantitative estimate of drug-likeness (QED) is 0.162. The lowest BCUT2D eigenvalue weighted by molar-refractivity contribution is 1.18. The SMILES string of the molecule is c1ccc(-c2cccc(-c3ccccc3-n3c4ccccc4c4ccc(N(c5ccccc5)c5ccc(-c6ccccc6)c6ccccc56)cc43)c2)cc1. The van der Waals surface area contributed by atoms with Crippen LogP contribution < -0.4 is 4.90 Å². The molecular weight excluding hydrogens is 653 g/mol. The molecule has 0 aliphatic carbocycles. The number of aromatic nitrogens is 1. The standard InChI is InChI=1S/C52H36N2/c1-4-17-37(18-5-1)39-21-16-22-40(35-39)44-25-12-14-29-49(44)54-50-30-15-13-28-47(50)48-32-31-42(36-52(48)54)53(41-23-8-3-9-24-41)51-34-33-43(38-19-6-2-7-20-38)45-26-10-11-27-46(45)51/h1-36H. The van der Waals surface area contributed by atoms with Crippen molar-refractivity contribution < 1.29 is 0 Å². The molecule has 10 rings (SSSR count). The van der Waals surface area contributed by atoms with Gasteiger partial charge in [-0.2, -0.15) is 0 Å². The van der Waals surface area contributed by atoms with Gasteiger partial charge in [-0.05, 0) is 81.7 Å². The molecular formula is C52H36N2. The Labute approximate surface area is 315 Å². The maximum absolute atomic E-state index is 2.46. The number of rotatable bonds is 7. The number of hydrogen-bond donors (Lipinski definition) is 0. The Hall–Kier alpha value is -7.16. The minimum atomic E-state index is 1.10. The van der Waals surface area contributed by atoms with Gasteiger partial charge in [0.15, 0.2) is 0 Å². The number of anilines is 3. The average Bonchev–Trinajstić information content (AvgIpc) is 3.58. The predicted octanol–water partition coefficient (Wildman–Crippen LogP) is 14.4. The van der Waals surface area contributed by atoms with Crippen molar-refractivity contribution in [1.82, 2.24) is 4.57 Å². The summed E-state index contributed by atoms with van der Waals surface area (Å²) in [5.41, 5.74) is 14.1. The van der Waals surface area contributed by atoms with Crippen LogP contribution >= 0.6 is 0 Å². The number of fused-ring (bicyclic) bond motifs is 4. The van der Waals surface area contributed by atoms with E-state index in [1.807, 2.05) is 0 Å². The predicted molar refractivity (Wildman–Crippen MR) is 229 cm³/mol. The molecule has 0 spiro atoms. The summed E-state index contributed by atoms with van der Waals surface area (Å²) in [7, 11) is 0. The van der Waals surface area contributed by atoms with Gasteiger partial charge in [-0.25, -0.2) is 0 Å². The van der Waals surface area contributed by atoms with Crippen molar-refractivity contribution in [3.63, 3.8) is 0 Å². The van der Waals surface area contributed by atoms with Crippen LogP contribution in [0.15, 0.2) is 218 Å². The van der Waals surface area contributed by atoms with Crippen LogP contribution in [0, 0.1) is 0 Å². The number of nitrogens with zero attached hydrogens (tertiary/aromatic N) is 2. The molecule has 9 aromatic carbocycles. The summed E-state index contributed by atoms with van der Waals surface area (Å²) in [6.07, 6.45) is 0. The molecule has 0 bridgehead atoms. The van der Waals surface area contributed by atoms with Crippen molar-refractivity contribution in [1.29, 1.82) is 0 Å². The molecule has 2 heteroatoms. The average molecular weight is 689 g/mol. The molecule has 0 unspecified atom stereocenters. The molecule has 1 aromatic heterocycles. The Bertz CT molecular complexity index is 2930. The van der Waals surface area contributed by atoms with Crippen LogP contribution in [0.4, 0.5) is 17.1 Å². The van der Waals surface area contributed by atoms with E-state index >= 15 is 0 Å². The maximum atomic E-state index is 2.46. The first-order valence-corrected chi connectivity index (χ1v) is 18.5. The van der Waals surface area contributed by atoms with E-state index in [0.717, 1.165) is 28.3 Å². The summed E-state index contributed by atoms with van der Waals surface area (Å²) in [4.78, 5) is 2.41. The highest BCUT2D eigenvalue weighted by molar-refractivity contribution is 6.12. The molecule has 254 valence electrons. The van der Waals surface area contributed by atoms with Gasteiger partial charge in [0.2, 0.25) is 0 Å². The number of benzene rings is 9. The molecule has 54 heavy (non-hydrogen) atoms. The molecule has 1 heterocycles. The minimum Gasteiger partial charge on any atom is -0.310 e. The molecule has 0 aliphatic heterocycles. The van der Waals surface area contributed by atoms with Crippen LogP contribution in [0.25, 0.3) is 71.6 Å². The highest BCUT2D eigenvalue weighted by Crippen LogP contribution is 2.44. The number of para-hydroxylation sites is 3. The fourth-order valence-electron chi connectivity index (χ4n) is 8.12. The molecule has 0 saturated heterocycles. The third-order valence-electron chi connectivity index (χ3n) is 10.6. The maximum Gasteiger partial charge on any atom is 0.0562 e. The Morgan fingerprint density at radius 3 is 1.69 bits per heavy atom. The van der Waals surface area contributed by atoms with Gasteiger partial charge in [0, 0.05) is 33.1 Å². The fraction of sp³-hybridized carbons (Fsp3) is 0. The third-order valence-corrected chi connectivity index (χ3v) is 10.6. The molecule has 0 radical (unpaired) electrons. The highest BCUT2D eigenvalue weighted by atomic mass is 15.1. The lowest BCUT2D eigenvalue weighted by atomic mass is 9.96. The van der Waals surface area contributed by atoms with Gasteiger partial charge in [-0.3, -0.25) is 0 Å². The van der Waals surface area contributed by atoms with E-state index in [0.29, 0.717) is 0 Å². The van der Waals surface area contributed by atoms with Crippen LogP contribution in [0.3, 0.4) is 0 Å². The molecule has 0 amide bonds. The monoisotopic (exact) mass is 688 g/mol. The van der Waals surface area contributed by atoms with E-state index in [-0.39, 0.29) is 0 Å². The van der Waals surface area contributed by atoms with E-state index in [2.05, 4.69) is 228 Å². The molecule has 0 fully saturated rings. The Morgan fingerprint density at radius 1 is 0.296 bits per heavy atom. The summed E-state index contributed by atoms with van der Waals surface area (Å²) in [6, 6.07) is 78.9. The smallest absolute Gasteiger partial charge is 0.0562 e. The summed E-state index contributed by atoms with van der Waals surface area (Å²) in [5.74, 6) is 0. The zero-order valence-corrected chi connectivity index (χ0v) is 29.7.